The Morgan fingerprint density at radius 3 is 2.50 bits per heavy atom. The topological polar surface area (TPSA) is 92.8 Å². The highest BCUT2D eigenvalue weighted by Crippen LogP contribution is 2.26. The van der Waals surface area contributed by atoms with Crippen molar-refractivity contribution in [2.75, 3.05) is 11.5 Å². The van der Waals surface area contributed by atoms with Crippen molar-refractivity contribution in [3.8, 4) is 0 Å². The number of barbiturate groups is 1. The van der Waals surface area contributed by atoms with Crippen LogP contribution in [0.4, 0.5) is 14.9 Å². The number of halogens is 2. The lowest BCUT2D eigenvalue weighted by Crippen LogP contribution is -2.54. The zero-order chi connectivity index (χ0) is 25.8. The van der Waals surface area contributed by atoms with Crippen LogP contribution in [0.25, 0.3) is 6.08 Å². The standard InChI is InChI=1S/C27H20ClFN2O5/c1-2-36-26(34)17-7-10-22(11-8-17)31-25(33)23(24(32)30-27(31)35)15-19-14-20(28)9-6-18(19)12-16-4-3-5-21(29)13-16/h3-11,13-15H,2,12H2,1H3,(H,30,32,35)/b23-15+. The Labute approximate surface area is 211 Å². The number of esters is 1. The lowest BCUT2D eigenvalue weighted by atomic mass is 9.97. The van der Waals surface area contributed by atoms with E-state index in [4.69, 9.17) is 16.3 Å². The van der Waals surface area contributed by atoms with Crippen molar-refractivity contribution < 1.29 is 28.3 Å². The van der Waals surface area contributed by atoms with Crippen LogP contribution in [0.5, 0.6) is 0 Å². The lowest BCUT2D eigenvalue weighted by Gasteiger charge is -2.26. The number of amides is 4. The van der Waals surface area contributed by atoms with Gasteiger partial charge in [-0.2, -0.15) is 0 Å². The predicted molar refractivity (Wildman–Crippen MR) is 132 cm³/mol. The molecular formula is C27H20ClFN2O5. The molecule has 9 heteroatoms. The molecule has 1 aliphatic heterocycles. The Morgan fingerprint density at radius 2 is 1.81 bits per heavy atom. The van der Waals surface area contributed by atoms with Gasteiger partial charge in [-0.1, -0.05) is 29.8 Å². The van der Waals surface area contributed by atoms with Gasteiger partial charge in [0.1, 0.15) is 11.4 Å². The van der Waals surface area contributed by atoms with E-state index in [1.165, 1.54) is 42.5 Å². The van der Waals surface area contributed by atoms with Crippen LogP contribution in [0.1, 0.15) is 34.0 Å². The normalized spacial score (nSPS) is 14.7. The van der Waals surface area contributed by atoms with Crippen molar-refractivity contribution in [1.29, 1.82) is 0 Å². The van der Waals surface area contributed by atoms with Crippen molar-refractivity contribution in [1.82, 2.24) is 5.32 Å². The molecule has 3 aromatic rings. The lowest BCUT2D eigenvalue weighted by molar-refractivity contribution is -0.122. The molecule has 1 aliphatic rings. The Bertz CT molecular complexity index is 1400. The van der Waals surface area contributed by atoms with E-state index in [1.807, 2.05) is 0 Å². The molecule has 7 nitrogen and oxygen atoms in total. The van der Waals surface area contributed by atoms with Crippen molar-refractivity contribution in [3.05, 3.63) is 105 Å². The molecule has 0 aromatic heterocycles. The zero-order valence-electron chi connectivity index (χ0n) is 19.1. The van der Waals surface area contributed by atoms with Crippen LogP contribution in [-0.2, 0) is 20.7 Å². The molecule has 4 amide bonds. The zero-order valence-corrected chi connectivity index (χ0v) is 19.8. The van der Waals surface area contributed by atoms with Crippen LogP contribution in [0.15, 0.2) is 72.3 Å². The number of hydrogen-bond acceptors (Lipinski definition) is 5. The second kappa shape index (κ2) is 10.5. The summed E-state index contributed by atoms with van der Waals surface area (Å²) in [5.74, 6) is -2.63. The largest absolute Gasteiger partial charge is 0.462 e. The number of carbonyl (C=O) groups is 4. The number of benzene rings is 3. The highest BCUT2D eigenvalue weighted by atomic mass is 35.5. The summed E-state index contributed by atoms with van der Waals surface area (Å²) in [7, 11) is 0. The molecule has 0 atom stereocenters. The van der Waals surface area contributed by atoms with E-state index in [0.717, 1.165) is 4.90 Å². The quantitative estimate of drug-likeness (QED) is 0.291. The molecule has 3 aromatic carbocycles. The summed E-state index contributed by atoms with van der Waals surface area (Å²) in [4.78, 5) is 51.1. The molecule has 0 bridgehead atoms. The van der Waals surface area contributed by atoms with E-state index < -0.39 is 23.8 Å². The Morgan fingerprint density at radius 1 is 1.06 bits per heavy atom. The van der Waals surface area contributed by atoms with Gasteiger partial charge in [-0.25, -0.2) is 18.9 Å². The number of nitrogens with zero attached hydrogens (tertiary/aromatic N) is 1. The summed E-state index contributed by atoms with van der Waals surface area (Å²) in [6.45, 7) is 1.88. The first kappa shape index (κ1) is 24.8. The number of nitrogens with one attached hydrogen (secondary N) is 1. The number of imide groups is 2. The summed E-state index contributed by atoms with van der Waals surface area (Å²) >= 11 is 6.17. The van der Waals surface area contributed by atoms with E-state index in [0.29, 0.717) is 28.1 Å². The Kier molecular flexibility index (Phi) is 7.26. The summed E-state index contributed by atoms with van der Waals surface area (Å²) in [6.07, 6.45) is 1.67. The molecule has 0 unspecified atom stereocenters. The molecule has 36 heavy (non-hydrogen) atoms. The van der Waals surface area contributed by atoms with E-state index in [1.54, 1.807) is 37.3 Å². The molecule has 0 saturated carbocycles. The van der Waals surface area contributed by atoms with Crippen LogP contribution in [0.2, 0.25) is 5.02 Å². The van der Waals surface area contributed by atoms with E-state index in [9.17, 15) is 23.6 Å². The van der Waals surface area contributed by atoms with Crippen molar-refractivity contribution in [2.45, 2.75) is 13.3 Å². The highest BCUT2D eigenvalue weighted by molar-refractivity contribution is 6.39. The molecule has 1 N–H and O–H groups in total. The van der Waals surface area contributed by atoms with Gasteiger partial charge in [-0.3, -0.25) is 14.9 Å². The van der Waals surface area contributed by atoms with Crippen LogP contribution in [0.3, 0.4) is 0 Å². The first-order chi connectivity index (χ1) is 17.3. The highest BCUT2D eigenvalue weighted by Gasteiger charge is 2.37. The molecular weight excluding hydrogens is 487 g/mol. The maximum absolute atomic E-state index is 13.7. The molecule has 0 spiro atoms. The van der Waals surface area contributed by atoms with Gasteiger partial charge in [0.2, 0.25) is 0 Å². The number of urea groups is 1. The summed E-state index contributed by atoms with van der Waals surface area (Å²) in [5, 5.41) is 2.53. The van der Waals surface area contributed by atoms with Gasteiger partial charge in [0, 0.05) is 5.02 Å². The smallest absolute Gasteiger partial charge is 0.338 e. The first-order valence-electron chi connectivity index (χ1n) is 11.0. The Balaban J connectivity index is 1.68. The minimum Gasteiger partial charge on any atom is -0.462 e. The average molecular weight is 507 g/mol. The number of anilines is 1. The van der Waals surface area contributed by atoms with Gasteiger partial charge in [-0.15, -0.1) is 0 Å². The van der Waals surface area contributed by atoms with Gasteiger partial charge < -0.3 is 4.74 Å². The number of hydrogen-bond donors (Lipinski definition) is 1. The van der Waals surface area contributed by atoms with Crippen LogP contribution >= 0.6 is 11.6 Å². The fourth-order valence-corrected chi connectivity index (χ4v) is 3.92. The van der Waals surface area contributed by atoms with Gasteiger partial charge in [0.05, 0.1) is 17.9 Å². The van der Waals surface area contributed by atoms with E-state index in [2.05, 4.69) is 5.32 Å². The second-order valence-corrected chi connectivity index (χ2v) is 8.31. The van der Waals surface area contributed by atoms with Gasteiger partial charge in [-0.05, 0) is 84.6 Å². The number of rotatable bonds is 6. The average Bonchev–Trinajstić information content (AvgIpc) is 2.84. The number of carbonyl (C=O) groups excluding carboxylic acids is 4. The summed E-state index contributed by atoms with van der Waals surface area (Å²) < 4.78 is 18.6. The van der Waals surface area contributed by atoms with Gasteiger partial charge >= 0.3 is 12.0 Å². The molecule has 182 valence electrons. The molecule has 0 radical (unpaired) electrons. The van der Waals surface area contributed by atoms with Gasteiger partial charge in [0.25, 0.3) is 11.8 Å². The fourth-order valence-electron chi connectivity index (χ4n) is 3.74. The molecule has 1 fully saturated rings. The minimum absolute atomic E-state index is 0.162. The van der Waals surface area contributed by atoms with Crippen LogP contribution < -0.4 is 10.2 Å². The summed E-state index contributed by atoms with van der Waals surface area (Å²) in [5.41, 5.74) is 1.98. The monoisotopic (exact) mass is 506 g/mol. The second-order valence-electron chi connectivity index (χ2n) is 7.88. The van der Waals surface area contributed by atoms with E-state index in [-0.39, 0.29) is 29.2 Å². The van der Waals surface area contributed by atoms with Crippen molar-refractivity contribution in [2.24, 2.45) is 0 Å². The molecule has 4 rings (SSSR count). The third-order valence-electron chi connectivity index (χ3n) is 5.43. The third kappa shape index (κ3) is 5.34. The third-order valence-corrected chi connectivity index (χ3v) is 5.66. The van der Waals surface area contributed by atoms with Gasteiger partial charge in [0.15, 0.2) is 0 Å². The Hall–Kier alpha value is -4.30. The van der Waals surface area contributed by atoms with Crippen LogP contribution in [-0.4, -0.2) is 30.4 Å². The molecule has 1 saturated heterocycles. The SMILES string of the molecule is CCOC(=O)c1ccc(N2C(=O)NC(=O)/C(=C\c3cc(Cl)ccc3Cc3cccc(F)c3)C2=O)cc1. The summed E-state index contributed by atoms with van der Waals surface area (Å²) in [6, 6.07) is 15.8. The first-order valence-corrected chi connectivity index (χ1v) is 11.4. The van der Waals surface area contributed by atoms with E-state index >= 15 is 0 Å². The van der Waals surface area contributed by atoms with Crippen molar-refractivity contribution >= 4 is 47.2 Å². The predicted octanol–water partition coefficient (Wildman–Crippen LogP) is 4.91. The van der Waals surface area contributed by atoms with Crippen LogP contribution in [0, 0.1) is 5.82 Å². The maximum Gasteiger partial charge on any atom is 0.338 e. The minimum atomic E-state index is -0.919. The molecule has 1 heterocycles. The maximum atomic E-state index is 13.7. The molecule has 0 aliphatic carbocycles. The fraction of sp³-hybridized carbons (Fsp3) is 0.111. The number of ether oxygens (including phenoxy) is 1. The van der Waals surface area contributed by atoms with Crippen molar-refractivity contribution in [3.63, 3.8) is 0 Å².